The maximum atomic E-state index is 3.41. The zero-order valence-electron chi connectivity index (χ0n) is 22.8. The molecular formula is C33H57N. The number of hydrogen-bond acceptors (Lipinski definition) is 1. The van der Waals surface area contributed by atoms with Crippen molar-refractivity contribution in [2.45, 2.75) is 166 Å². The molecule has 0 heterocycles. The highest BCUT2D eigenvalue weighted by Crippen LogP contribution is 2.54. The van der Waals surface area contributed by atoms with Crippen molar-refractivity contribution in [2.24, 2.45) is 41.4 Å². The van der Waals surface area contributed by atoms with Crippen LogP contribution in [-0.4, -0.2) is 23.0 Å². The van der Waals surface area contributed by atoms with Gasteiger partial charge in [-0.25, -0.2) is 0 Å². The van der Waals surface area contributed by atoms with E-state index in [9.17, 15) is 0 Å². The van der Waals surface area contributed by atoms with E-state index >= 15 is 0 Å². The Morgan fingerprint density at radius 2 is 0.971 bits per heavy atom. The van der Waals surface area contributed by atoms with Crippen LogP contribution < -0.4 is 0 Å². The number of nitrogens with zero attached hydrogens (tertiary/aromatic N) is 1. The van der Waals surface area contributed by atoms with Gasteiger partial charge in [0.2, 0.25) is 0 Å². The Hall–Kier alpha value is -0.0400. The molecule has 0 aromatic heterocycles. The summed E-state index contributed by atoms with van der Waals surface area (Å²) in [5, 5.41) is 0. The molecule has 0 radical (unpaired) electrons. The Morgan fingerprint density at radius 3 is 1.65 bits per heavy atom. The Labute approximate surface area is 212 Å². The molecule has 6 aliphatic carbocycles. The minimum absolute atomic E-state index is 0.930. The van der Waals surface area contributed by atoms with Crippen LogP contribution in [0.3, 0.4) is 0 Å². The molecule has 6 saturated carbocycles. The Morgan fingerprint density at radius 1 is 0.412 bits per heavy atom. The van der Waals surface area contributed by atoms with Crippen molar-refractivity contribution in [3.05, 3.63) is 0 Å². The van der Waals surface area contributed by atoms with Gasteiger partial charge in [-0.1, -0.05) is 90.4 Å². The first-order valence-electron chi connectivity index (χ1n) is 16.6. The molecule has 6 rings (SSSR count). The summed E-state index contributed by atoms with van der Waals surface area (Å²) in [6.07, 6.45) is 34.1. The molecule has 6 aliphatic rings. The molecule has 6 atom stereocenters. The van der Waals surface area contributed by atoms with E-state index in [2.05, 4.69) is 11.8 Å². The quantitative estimate of drug-likeness (QED) is 0.398. The predicted molar refractivity (Wildman–Crippen MR) is 145 cm³/mol. The first kappa shape index (κ1) is 24.3. The fourth-order valence-corrected chi connectivity index (χ4v) is 10.9. The van der Waals surface area contributed by atoms with Crippen molar-refractivity contribution in [1.82, 2.24) is 4.90 Å². The third kappa shape index (κ3) is 5.04. The van der Waals surface area contributed by atoms with Crippen molar-refractivity contribution in [2.75, 3.05) is 0 Å². The van der Waals surface area contributed by atoms with Crippen molar-refractivity contribution < 1.29 is 0 Å². The van der Waals surface area contributed by atoms with E-state index in [0.29, 0.717) is 0 Å². The Kier molecular flexibility index (Phi) is 7.97. The van der Waals surface area contributed by atoms with E-state index in [4.69, 9.17) is 0 Å². The van der Waals surface area contributed by atoms with Crippen molar-refractivity contribution in [3.63, 3.8) is 0 Å². The summed E-state index contributed by atoms with van der Waals surface area (Å²) >= 11 is 0. The molecule has 0 saturated heterocycles. The summed E-state index contributed by atoms with van der Waals surface area (Å²) in [6, 6.07) is 2.84. The predicted octanol–water partition coefficient (Wildman–Crippen LogP) is 9.39. The summed E-state index contributed by atoms with van der Waals surface area (Å²) in [4.78, 5) is 3.41. The molecule has 34 heavy (non-hydrogen) atoms. The average molecular weight is 468 g/mol. The lowest BCUT2D eigenvalue weighted by Gasteiger charge is -2.59. The van der Waals surface area contributed by atoms with E-state index < -0.39 is 0 Å². The minimum atomic E-state index is 0.930. The molecule has 0 aliphatic heterocycles. The zero-order chi connectivity index (χ0) is 22.9. The monoisotopic (exact) mass is 467 g/mol. The van der Waals surface area contributed by atoms with Gasteiger partial charge in [0.25, 0.3) is 0 Å². The lowest BCUT2D eigenvalue weighted by molar-refractivity contribution is -0.0974. The topological polar surface area (TPSA) is 3.24 Å². The summed E-state index contributed by atoms with van der Waals surface area (Å²) in [6.45, 7) is 2.54. The van der Waals surface area contributed by atoms with Crippen LogP contribution in [0, 0.1) is 41.4 Å². The summed E-state index contributed by atoms with van der Waals surface area (Å²) in [5.74, 6) is 7.42. The third-order valence-corrected chi connectivity index (χ3v) is 12.6. The van der Waals surface area contributed by atoms with Gasteiger partial charge in [0, 0.05) is 18.1 Å². The van der Waals surface area contributed by atoms with Gasteiger partial charge < -0.3 is 0 Å². The van der Waals surface area contributed by atoms with Crippen LogP contribution in [0.5, 0.6) is 0 Å². The highest BCUT2D eigenvalue weighted by molar-refractivity contribution is 5.03. The molecule has 0 N–H and O–H groups in total. The van der Waals surface area contributed by atoms with Gasteiger partial charge in [-0.3, -0.25) is 4.90 Å². The molecule has 6 unspecified atom stereocenters. The van der Waals surface area contributed by atoms with Crippen molar-refractivity contribution in [1.29, 1.82) is 0 Å². The average Bonchev–Trinajstić information content (AvgIpc) is 2.90. The molecule has 0 spiro atoms. The second-order valence-electron chi connectivity index (χ2n) is 14.5. The summed E-state index contributed by atoms with van der Waals surface area (Å²) < 4.78 is 0. The van der Waals surface area contributed by atoms with E-state index in [1.165, 1.54) is 44.9 Å². The maximum Gasteiger partial charge on any atom is 0.0163 e. The first-order valence-corrected chi connectivity index (χ1v) is 16.6. The van der Waals surface area contributed by atoms with Gasteiger partial charge in [0.05, 0.1) is 0 Å². The van der Waals surface area contributed by atoms with Gasteiger partial charge in [-0.05, 0) is 99.2 Å². The lowest BCUT2D eigenvalue weighted by atomic mass is 9.56. The smallest absolute Gasteiger partial charge is 0.0163 e. The molecule has 1 heteroatoms. The normalized spacial score (nSPS) is 46.6. The molecule has 0 bridgehead atoms. The van der Waals surface area contributed by atoms with Crippen LogP contribution in [0.4, 0.5) is 0 Å². The van der Waals surface area contributed by atoms with E-state index in [1.54, 1.807) is 96.3 Å². The molecule has 0 aromatic rings. The molecule has 194 valence electrons. The van der Waals surface area contributed by atoms with Gasteiger partial charge in [-0.2, -0.15) is 0 Å². The van der Waals surface area contributed by atoms with E-state index in [-0.39, 0.29) is 0 Å². The number of hydrogen-bond donors (Lipinski definition) is 0. The highest BCUT2D eigenvalue weighted by Gasteiger charge is 2.51. The van der Waals surface area contributed by atoms with E-state index in [0.717, 1.165) is 59.6 Å². The maximum absolute atomic E-state index is 3.41. The van der Waals surface area contributed by atoms with Gasteiger partial charge in [-0.15, -0.1) is 0 Å². The van der Waals surface area contributed by atoms with Gasteiger partial charge in [0.15, 0.2) is 0 Å². The Balaban J connectivity index is 1.29. The third-order valence-electron chi connectivity index (χ3n) is 12.6. The fourth-order valence-electron chi connectivity index (χ4n) is 10.9. The van der Waals surface area contributed by atoms with Crippen molar-refractivity contribution in [3.8, 4) is 0 Å². The van der Waals surface area contributed by atoms with Crippen LogP contribution in [0.2, 0.25) is 0 Å². The highest BCUT2D eigenvalue weighted by atomic mass is 15.2. The molecule has 0 amide bonds. The second-order valence-corrected chi connectivity index (χ2v) is 14.5. The summed E-state index contributed by atoms with van der Waals surface area (Å²) in [5.41, 5.74) is 0. The van der Waals surface area contributed by atoms with Crippen LogP contribution in [0.1, 0.15) is 148 Å². The number of fused-ring (bicyclic) bond motifs is 2. The van der Waals surface area contributed by atoms with Gasteiger partial charge in [0.1, 0.15) is 0 Å². The SMILES string of the molecule is CC1CCC(N(C2CCCC(C3CCCCC3)C2)C2C3CCCCC3CC3CCCCC32)CC1. The van der Waals surface area contributed by atoms with Crippen molar-refractivity contribution >= 4 is 0 Å². The second kappa shape index (κ2) is 11.1. The standard InChI is InChI=1S/C33H57N/c1-24-18-20-29(21-19-24)34(30-15-9-14-26(23-30)25-10-3-2-4-11-25)33-31-16-7-5-12-27(31)22-28-13-6-8-17-32(28)33/h24-33H,2-23H2,1H3. The molecule has 0 aromatic carbocycles. The first-order chi connectivity index (χ1) is 16.8. The van der Waals surface area contributed by atoms with Gasteiger partial charge >= 0.3 is 0 Å². The molecular weight excluding hydrogens is 410 g/mol. The van der Waals surface area contributed by atoms with Crippen LogP contribution in [0.15, 0.2) is 0 Å². The lowest BCUT2D eigenvalue weighted by Crippen LogP contribution is -2.61. The van der Waals surface area contributed by atoms with E-state index in [1.807, 2.05) is 0 Å². The Bertz CT molecular complexity index is 606. The minimum Gasteiger partial charge on any atom is -0.294 e. The zero-order valence-corrected chi connectivity index (χ0v) is 22.8. The largest absolute Gasteiger partial charge is 0.294 e. The molecule has 1 nitrogen and oxygen atoms in total. The number of rotatable bonds is 4. The fraction of sp³-hybridized carbons (Fsp3) is 1.00. The van der Waals surface area contributed by atoms with Crippen LogP contribution in [0.25, 0.3) is 0 Å². The van der Waals surface area contributed by atoms with Crippen LogP contribution in [-0.2, 0) is 0 Å². The van der Waals surface area contributed by atoms with Crippen LogP contribution >= 0.6 is 0 Å². The molecule has 6 fully saturated rings. The summed E-state index contributed by atoms with van der Waals surface area (Å²) in [7, 11) is 0.